The van der Waals surface area contributed by atoms with Gasteiger partial charge in [0.15, 0.2) is 11.5 Å². The van der Waals surface area contributed by atoms with Gasteiger partial charge < -0.3 is 19.5 Å². The molecule has 2 aromatic heterocycles. The van der Waals surface area contributed by atoms with Crippen molar-refractivity contribution in [1.29, 1.82) is 0 Å². The second kappa shape index (κ2) is 6.66. The highest BCUT2D eigenvalue weighted by atomic mass is 32.1. The van der Waals surface area contributed by atoms with Crippen LogP contribution in [0.5, 0.6) is 17.2 Å². The molecule has 0 saturated carbocycles. The van der Waals surface area contributed by atoms with Gasteiger partial charge in [-0.15, -0.1) is 11.3 Å². The maximum atomic E-state index is 5.46. The lowest BCUT2D eigenvalue weighted by molar-refractivity contribution is 0.327. The van der Waals surface area contributed by atoms with E-state index in [0.29, 0.717) is 35.1 Å². The number of nitrogens with zero attached hydrogens (tertiary/aromatic N) is 3. The van der Waals surface area contributed by atoms with Crippen LogP contribution in [0.1, 0.15) is 5.01 Å². The zero-order valence-corrected chi connectivity index (χ0v) is 13.8. The molecule has 0 amide bonds. The van der Waals surface area contributed by atoms with Gasteiger partial charge in [0, 0.05) is 11.6 Å². The summed E-state index contributed by atoms with van der Waals surface area (Å²) in [7, 11) is 4.71. The van der Waals surface area contributed by atoms with Gasteiger partial charge in [0.25, 0.3) is 0 Å². The van der Waals surface area contributed by atoms with Crippen LogP contribution >= 0.6 is 11.3 Å². The monoisotopic (exact) mass is 332 g/mol. The Bertz CT molecular complexity index is 808. The minimum atomic E-state index is 0.507. The summed E-state index contributed by atoms with van der Waals surface area (Å²) < 4.78 is 16.2. The SMILES string of the molecule is COc1cc2c(NCc3nccs3)ncnc2c(OC)c1OC. The molecule has 0 unspecified atom stereocenters. The Morgan fingerprint density at radius 2 is 1.87 bits per heavy atom. The van der Waals surface area contributed by atoms with E-state index in [1.54, 1.807) is 38.9 Å². The minimum Gasteiger partial charge on any atom is -0.493 e. The lowest BCUT2D eigenvalue weighted by Crippen LogP contribution is -2.04. The molecule has 0 aliphatic carbocycles. The summed E-state index contributed by atoms with van der Waals surface area (Å²) >= 11 is 1.58. The molecule has 1 aromatic carbocycles. The van der Waals surface area contributed by atoms with E-state index in [0.717, 1.165) is 10.4 Å². The molecule has 0 spiro atoms. The van der Waals surface area contributed by atoms with Gasteiger partial charge >= 0.3 is 0 Å². The fraction of sp³-hybridized carbons (Fsp3) is 0.267. The first kappa shape index (κ1) is 15.3. The van der Waals surface area contributed by atoms with Gasteiger partial charge in [-0.2, -0.15) is 0 Å². The number of thiazole rings is 1. The van der Waals surface area contributed by atoms with E-state index in [-0.39, 0.29) is 0 Å². The Labute approximate surface area is 137 Å². The fourth-order valence-corrected chi connectivity index (χ4v) is 2.86. The Hall–Kier alpha value is -2.61. The van der Waals surface area contributed by atoms with Crippen molar-refractivity contribution < 1.29 is 14.2 Å². The highest BCUT2D eigenvalue weighted by Gasteiger charge is 2.19. The highest BCUT2D eigenvalue weighted by molar-refractivity contribution is 7.09. The molecule has 2 heterocycles. The summed E-state index contributed by atoms with van der Waals surface area (Å²) in [5.74, 6) is 2.27. The molecule has 3 aromatic rings. The van der Waals surface area contributed by atoms with Gasteiger partial charge in [-0.1, -0.05) is 0 Å². The van der Waals surface area contributed by atoms with Crippen LogP contribution < -0.4 is 19.5 Å². The number of methoxy groups -OCH3 is 3. The molecule has 0 fully saturated rings. The first-order chi connectivity index (χ1) is 11.3. The number of anilines is 1. The number of benzene rings is 1. The molecule has 0 atom stereocenters. The third-order valence-corrected chi connectivity index (χ3v) is 4.10. The Morgan fingerprint density at radius 3 is 2.52 bits per heavy atom. The van der Waals surface area contributed by atoms with Gasteiger partial charge in [0.05, 0.1) is 33.3 Å². The molecule has 7 nitrogen and oxygen atoms in total. The van der Waals surface area contributed by atoms with E-state index in [1.807, 2.05) is 11.4 Å². The van der Waals surface area contributed by atoms with Crippen molar-refractivity contribution in [3.05, 3.63) is 29.0 Å². The van der Waals surface area contributed by atoms with Crippen LogP contribution in [0.4, 0.5) is 5.82 Å². The maximum absolute atomic E-state index is 5.46. The molecule has 0 aliphatic rings. The van der Waals surface area contributed by atoms with Gasteiger partial charge in [-0.25, -0.2) is 15.0 Å². The number of hydrogen-bond donors (Lipinski definition) is 1. The van der Waals surface area contributed by atoms with Gasteiger partial charge in [-0.3, -0.25) is 0 Å². The zero-order valence-electron chi connectivity index (χ0n) is 13.0. The van der Waals surface area contributed by atoms with E-state index < -0.39 is 0 Å². The number of rotatable bonds is 6. The number of fused-ring (bicyclic) bond motifs is 1. The van der Waals surface area contributed by atoms with Crippen molar-refractivity contribution in [2.24, 2.45) is 0 Å². The van der Waals surface area contributed by atoms with Gasteiger partial charge in [0.1, 0.15) is 22.7 Å². The standard InChI is InChI=1S/C15H16N4O3S/c1-20-10-6-9-12(14(22-3)13(10)21-2)18-8-19-15(9)17-7-11-16-4-5-23-11/h4-6,8H,7H2,1-3H3,(H,17,18,19). The summed E-state index contributed by atoms with van der Waals surface area (Å²) in [6.07, 6.45) is 3.26. The summed E-state index contributed by atoms with van der Waals surface area (Å²) in [4.78, 5) is 12.9. The largest absolute Gasteiger partial charge is 0.493 e. The smallest absolute Gasteiger partial charge is 0.205 e. The van der Waals surface area contributed by atoms with Crippen molar-refractivity contribution in [3.63, 3.8) is 0 Å². The van der Waals surface area contributed by atoms with E-state index in [1.165, 1.54) is 6.33 Å². The third kappa shape index (κ3) is 2.85. The van der Waals surface area contributed by atoms with Crippen LogP contribution in [0.3, 0.4) is 0 Å². The topological polar surface area (TPSA) is 78.4 Å². The maximum Gasteiger partial charge on any atom is 0.205 e. The molecular weight excluding hydrogens is 316 g/mol. The lowest BCUT2D eigenvalue weighted by Gasteiger charge is -2.15. The average molecular weight is 332 g/mol. The van der Waals surface area contributed by atoms with Crippen molar-refractivity contribution in [3.8, 4) is 17.2 Å². The first-order valence-electron chi connectivity index (χ1n) is 6.84. The number of ether oxygens (including phenoxy) is 3. The van der Waals surface area contributed by atoms with Crippen LogP contribution in [-0.4, -0.2) is 36.3 Å². The van der Waals surface area contributed by atoms with Crippen molar-refractivity contribution in [2.45, 2.75) is 6.54 Å². The summed E-state index contributed by atoms with van der Waals surface area (Å²) in [6.45, 7) is 0.584. The average Bonchev–Trinajstić information content (AvgIpc) is 3.11. The fourth-order valence-electron chi connectivity index (χ4n) is 2.30. The van der Waals surface area contributed by atoms with Crippen LogP contribution in [-0.2, 0) is 6.54 Å². The molecule has 23 heavy (non-hydrogen) atoms. The van der Waals surface area contributed by atoms with Crippen LogP contribution in [0.2, 0.25) is 0 Å². The minimum absolute atomic E-state index is 0.507. The van der Waals surface area contributed by atoms with Gasteiger partial charge in [-0.05, 0) is 6.07 Å². The quantitative estimate of drug-likeness (QED) is 0.743. The highest BCUT2D eigenvalue weighted by Crippen LogP contribution is 2.43. The molecule has 0 bridgehead atoms. The Balaban J connectivity index is 2.08. The normalized spacial score (nSPS) is 10.6. The van der Waals surface area contributed by atoms with E-state index in [4.69, 9.17) is 14.2 Å². The second-order valence-electron chi connectivity index (χ2n) is 4.54. The Kier molecular flexibility index (Phi) is 4.42. The lowest BCUT2D eigenvalue weighted by atomic mass is 10.2. The first-order valence-corrected chi connectivity index (χ1v) is 7.72. The molecule has 8 heteroatoms. The molecular formula is C15H16N4O3S. The van der Waals surface area contributed by atoms with Crippen molar-refractivity contribution in [2.75, 3.05) is 26.6 Å². The van der Waals surface area contributed by atoms with Crippen molar-refractivity contribution in [1.82, 2.24) is 15.0 Å². The second-order valence-corrected chi connectivity index (χ2v) is 5.52. The molecule has 0 aliphatic heterocycles. The Morgan fingerprint density at radius 1 is 1.04 bits per heavy atom. The predicted molar refractivity (Wildman–Crippen MR) is 88.6 cm³/mol. The molecule has 0 saturated heterocycles. The third-order valence-electron chi connectivity index (χ3n) is 3.32. The number of hydrogen-bond acceptors (Lipinski definition) is 8. The molecule has 120 valence electrons. The molecule has 3 rings (SSSR count). The van der Waals surface area contributed by atoms with Crippen LogP contribution in [0, 0.1) is 0 Å². The zero-order chi connectivity index (χ0) is 16.2. The van der Waals surface area contributed by atoms with E-state index in [2.05, 4.69) is 20.3 Å². The van der Waals surface area contributed by atoms with Crippen molar-refractivity contribution >= 4 is 28.1 Å². The van der Waals surface area contributed by atoms with Gasteiger partial charge in [0.2, 0.25) is 5.75 Å². The van der Waals surface area contributed by atoms with E-state index in [9.17, 15) is 0 Å². The summed E-state index contributed by atoms with van der Waals surface area (Å²) in [6, 6.07) is 1.83. The number of aromatic nitrogens is 3. The van der Waals surface area contributed by atoms with E-state index >= 15 is 0 Å². The molecule has 0 radical (unpaired) electrons. The predicted octanol–water partition coefficient (Wildman–Crippen LogP) is 2.72. The number of nitrogens with one attached hydrogen (secondary N) is 1. The molecule has 1 N–H and O–H groups in total. The summed E-state index contributed by atoms with van der Waals surface area (Å²) in [5.41, 5.74) is 0.654. The van der Waals surface area contributed by atoms with Crippen LogP contribution in [0.15, 0.2) is 24.0 Å². The van der Waals surface area contributed by atoms with Crippen LogP contribution in [0.25, 0.3) is 10.9 Å². The summed E-state index contributed by atoms with van der Waals surface area (Å²) in [5, 5.41) is 6.98.